The SMILES string of the molecule is CC(=O)n1cc([C@H]2C=C(C(=O)N(C)C3CCCCC3)O[C@@H](OCCOCCO)C2)c2ccccc21. The van der Waals surface area contributed by atoms with Crippen molar-refractivity contribution < 1.29 is 28.9 Å². The van der Waals surface area contributed by atoms with Crippen molar-refractivity contribution in [2.45, 2.75) is 63.7 Å². The molecule has 1 amide bonds. The van der Waals surface area contributed by atoms with E-state index in [-0.39, 0.29) is 49.4 Å². The van der Waals surface area contributed by atoms with E-state index in [0.717, 1.165) is 42.1 Å². The second kappa shape index (κ2) is 11.8. The molecule has 0 bridgehead atoms. The summed E-state index contributed by atoms with van der Waals surface area (Å²) >= 11 is 0. The van der Waals surface area contributed by atoms with E-state index in [2.05, 4.69) is 0 Å². The van der Waals surface area contributed by atoms with Gasteiger partial charge in [0.2, 0.25) is 12.2 Å². The van der Waals surface area contributed by atoms with Crippen molar-refractivity contribution in [3.63, 3.8) is 0 Å². The molecule has 0 unspecified atom stereocenters. The van der Waals surface area contributed by atoms with E-state index < -0.39 is 6.29 Å². The highest BCUT2D eigenvalue weighted by molar-refractivity contribution is 5.95. The molecule has 0 spiro atoms. The standard InChI is InChI=1S/C27H36N2O6/c1-19(31)29-18-23(22-10-6-7-11-24(22)29)20-16-25(27(32)28(2)21-8-4-3-5-9-21)35-26(17-20)34-15-14-33-13-12-30/h6-7,10-11,16,18,20-21,26,30H,3-5,8-9,12-15,17H2,1-2H3/t20-,26+/m0/s1. The van der Waals surface area contributed by atoms with Crippen LogP contribution in [-0.4, -0.2) is 72.2 Å². The summed E-state index contributed by atoms with van der Waals surface area (Å²) in [5.41, 5.74) is 1.81. The van der Waals surface area contributed by atoms with Crippen LogP contribution in [0.5, 0.6) is 0 Å². The molecule has 1 aromatic carbocycles. The number of rotatable bonds is 9. The Hall–Kier alpha value is -2.68. The molecule has 1 fully saturated rings. The van der Waals surface area contributed by atoms with Crippen LogP contribution in [0.25, 0.3) is 10.9 Å². The van der Waals surface area contributed by atoms with Crippen LogP contribution in [0.2, 0.25) is 0 Å². The van der Waals surface area contributed by atoms with Crippen molar-refractivity contribution in [2.24, 2.45) is 0 Å². The third kappa shape index (κ3) is 5.94. The van der Waals surface area contributed by atoms with Gasteiger partial charge in [-0.05, 0) is 30.5 Å². The van der Waals surface area contributed by atoms with Crippen LogP contribution in [0.1, 0.15) is 61.7 Å². The molecule has 0 saturated heterocycles. The third-order valence-electron chi connectivity index (χ3n) is 6.96. The van der Waals surface area contributed by atoms with Crippen LogP contribution in [0, 0.1) is 0 Å². The number of ether oxygens (including phenoxy) is 3. The average Bonchev–Trinajstić information content (AvgIpc) is 3.28. The fourth-order valence-electron chi connectivity index (χ4n) is 5.10. The van der Waals surface area contributed by atoms with Crippen molar-refractivity contribution >= 4 is 22.7 Å². The first-order chi connectivity index (χ1) is 17.0. The van der Waals surface area contributed by atoms with Crippen LogP contribution in [-0.2, 0) is 19.0 Å². The highest BCUT2D eigenvalue weighted by Crippen LogP contribution is 2.37. The lowest BCUT2D eigenvalue weighted by Gasteiger charge is -2.34. The summed E-state index contributed by atoms with van der Waals surface area (Å²) in [7, 11) is 1.85. The van der Waals surface area contributed by atoms with Crippen LogP contribution < -0.4 is 0 Å². The number of hydrogen-bond acceptors (Lipinski definition) is 6. The van der Waals surface area contributed by atoms with E-state index >= 15 is 0 Å². The van der Waals surface area contributed by atoms with E-state index in [9.17, 15) is 9.59 Å². The summed E-state index contributed by atoms with van der Waals surface area (Å²) < 4.78 is 19.0. The number of benzene rings is 1. The van der Waals surface area contributed by atoms with Gasteiger partial charge in [-0.15, -0.1) is 0 Å². The number of hydrogen-bond donors (Lipinski definition) is 1. The van der Waals surface area contributed by atoms with Crippen molar-refractivity contribution in [1.29, 1.82) is 0 Å². The normalized spacial score (nSPS) is 20.9. The van der Waals surface area contributed by atoms with Crippen LogP contribution in [0.4, 0.5) is 0 Å². The summed E-state index contributed by atoms with van der Waals surface area (Å²) in [4.78, 5) is 27.6. The maximum Gasteiger partial charge on any atom is 0.288 e. The number of likely N-dealkylation sites (N-methyl/N-ethyl adjacent to an activating group) is 1. The number of aliphatic hydroxyl groups excluding tert-OH is 1. The monoisotopic (exact) mass is 484 g/mol. The Labute approximate surface area is 206 Å². The van der Waals surface area contributed by atoms with Crippen LogP contribution in [0.3, 0.4) is 0 Å². The van der Waals surface area contributed by atoms with Gasteiger partial charge in [-0.3, -0.25) is 14.2 Å². The minimum atomic E-state index is -0.624. The number of carbonyl (C=O) groups excluding carboxylic acids is 2. The predicted molar refractivity (Wildman–Crippen MR) is 132 cm³/mol. The number of para-hydroxylation sites is 1. The van der Waals surface area contributed by atoms with Gasteiger partial charge in [-0.1, -0.05) is 37.5 Å². The molecule has 8 nitrogen and oxygen atoms in total. The van der Waals surface area contributed by atoms with Crippen molar-refractivity contribution in [3.8, 4) is 0 Å². The number of carbonyl (C=O) groups is 2. The van der Waals surface area contributed by atoms with E-state index in [1.165, 1.54) is 6.42 Å². The van der Waals surface area contributed by atoms with Crippen molar-refractivity contribution in [2.75, 3.05) is 33.5 Å². The minimum Gasteiger partial charge on any atom is -0.459 e. The van der Waals surface area contributed by atoms with Gasteiger partial charge in [0.1, 0.15) is 0 Å². The molecular weight excluding hydrogens is 448 g/mol. The molecule has 1 saturated carbocycles. The Morgan fingerprint density at radius 2 is 1.91 bits per heavy atom. The third-order valence-corrected chi connectivity index (χ3v) is 6.96. The number of amides is 1. The van der Waals surface area contributed by atoms with E-state index in [1.54, 1.807) is 11.5 Å². The lowest BCUT2D eigenvalue weighted by Crippen LogP contribution is -2.41. The topological polar surface area (TPSA) is 90.2 Å². The average molecular weight is 485 g/mol. The number of aromatic nitrogens is 1. The van der Waals surface area contributed by atoms with Gasteiger partial charge in [0.25, 0.3) is 5.91 Å². The van der Waals surface area contributed by atoms with E-state index in [1.807, 2.05) is 48.5 Å². The highest BCUT2D eigenvalue weighted by Gasteiger charge is 2.33. The second-order valence-electron chi connectivity index (χ2n) is 9.33. The molecule has 4 rings (SSSR count). The number of nitrogens with zero attached hydrogens (tertiary/aromatic N) is 2. The fourth-order valence-corrected chi connectivity index (χ4v) is 5.10. The van der Waals surface area contributed by atoms with E-state index in [0.29, 0.717) is 13.0 Å². The van der Waals surface area contributed by atoms with Gasteiger partial charge in [0, 0.05) is 43.9 Å². The molecule has 2 heterocycles. The Kier molecular flexibility index (Phi) is 8.59. The van der Waals surface area contributed by atoms with Gasteiger partial charge in [-0.25, -0.2) is 0 Å². The van der Waals surface area contributed by atoms with Gasteiger partial charge in [0.05, 0.1) is 31.9 Å². The van der Waals surface area contributed by atoms with E-state index in [4.69, 9.17) is 19.3 Å². The number of fused-ring (bicyclic) bond motifs is 1. The zero-order valence-electron chi connectivity index (χ0n) is 20.7. The Morgan fingerprint density at radius 3 is 2.66 bits per heavy atom. The minimum absolute atomic E-state index is 0.0445. The molecule has 2 aromatic rings. The summed E-state index contributed by atoms with van der Waals surface area (Å²) in [6, 6.07) is 8.01. The van der Waals surface area contributed by atoms with Gasteiger partial charge in [0.15, 0.2) is 5.76 Å². The Bertz CT molecular complexity index is 1060. The maximum atomic E-state index is 13.5. The maximum absolute atomic E-state index is 13.5. The van der Waals surface area contributed by atoms with Crippen molar-refractivity contribution in [1.82, 2.24) is 9.47 Å². The molecule has 1 aliphatic heterocycles. The molecule has 8 heteroatoms. The molecule has 1 aliphatic carbocycles. The zero-order chi connectivity index (χ0) is 24.8. The molecule has 2 aliphatic rings. The lowest BCUT2D eigenvalue weighted by atomic mass is 9.91. The van der Waals surface area contributed by atoms with Crippen LogP contribution >= 0.6 is 0 Å². The summed E-state index contributed by atoms with van der Waals surface area (Å²) in [6.07, 6.45) is 9.14. The Morgan fingerprint density at radius 1 is 1.14 bits per heavy atom. The molecule has 2 atom stereocenters. The molecular formula is C27H36N2O6. The van der Waals surface area contributed by atoms with Gasteiger partial charge >= 0.3 is 0 Å². The molecule has 0 radical (unpaired) electrons. The molecule has 1 N–H and O–H groups in total. The smallest absolute Gasteiger partial charge is 0.288 e. The lowest BCUT2D eigenvalue weighted by molar-refractivity contribution is -0.157. The largest absolute Gasteiger partial charge is 0.459 e. The first-order valence-corrected chi connectivity index (χ1v) is 12.6. The number of aliphatic hydroxyl groups is 1. The van der Waals surface area contributed by atoms with Crippen molar-refractivity contribution in [3.05, 3.63) is 47.9 Å². The Balaban J connectivity index is 1.61. The second-order valence-corrected chi connectivity index (χ2v) is 9.33. The van der Waals surface area contributed by atoms with Crippen LogP contribution in [0.15, 0.2) is 42.3 Å². The van der Waals surface area contributed by atoms with Gasteiger partial charge in [-0.2, -0.15) is 0 Å². The summed E-state index contributed by atoms with van der Waals surface area (Å²) in [6.45, 7) is 2.35. The summed E-state index contributed by atoms with van der Waals surface area (Å²) in [5, 5.41) is 9.87. The molecule has 190 valence electrons. The zero-order valence-corrected chi connectivity index (χ0v) is 20.7. The first-order valence-electron chi connectivity index (χ1n) is 12.6. The summed E-state index contributed by atoms with van der Waals surface area (Å²) in [5.74, 6) is -0.0701. The first kappa shape index (κ1) is 25.4. The molecule has 35 heavy (non-hydrogen) atoms. The molecule has 1 aromatic heterocycles. The predicted octanol–water partition coefficient (Wildman–Crippen LogP) is 3.83. The highest BCUT2D eigenvalue weighted by atomic mass is 16.7. The number of allylic oxidation sites excluding steroid dienone is 1. The fraction of sp³-hybridized carbons (Fsp3) is 0.556. The quantitative estimate of drug-likeness (QED) is 0.544. The van der Waals surface area contributed by atoms with Gasteiger partial charge < -0.3 is 24.2 Å².